The molecule has 36 heavy (non-hydrogen) atoms. The molecule has 6 heteroatoms. The van der Waals surface area contributed by atoms with Crippen LogP contribution in [0.4, 0.5) is 5.69 Å². The molecule has 0 radical (unpaired) electrons. The summed E-state index contributed by atoms with van der Waals surface area (Å²) in [5.41, 5.74) is 5.96. The van der Waals surface area contributed by atoms with Crippen LogP contribution in [0.3, 0.4) is 0 Å². The van der Waals surface area contributed by atoms with Crippen LogP contribution in [0.25, 0.3) is 22.2 Å². The van der Waals surface area contributed by atoms with Crippen molar-refractivity contribution >= 4 is 22.5 Å². The molecule has 3 aromatic carbocycles. The minimum atomic E-state index is -0.186. The Morgan fingerprint density at radius 3 is 2.39 bits per heavy atom. The lowest BCUT2D eigenvalue weighted by atomic mass is 10.0. The van der Waals surface area contributed by atoms with Gasteiger partial charge in [-0.3, -0.25) is 9.78 Å². The molecule has 6 rings (SSSR count). The van der Waals surface area contributed by atoms with E-state index in [1.54, 1.807) is 12.4 Å². The van der Waals surface area contributed by atoms with E-state index in [9.17, 15) is 4.79 Å². The van der Waals surface area contributed by atoms with Crippen molar-refractivity contribution in [3.63, 3.8) is 0 Å². The minimum Gasteiger partial charge on any atom is -0.486 e. The minimum absolute atomic E-state index is 0.186. The van der Waals surface area contributed by atoms with E-state index in [4.69, 9.17) is 14.5 Å². The molecule has 0 spiro atoms. The maximum Gasteiger partial charge on any atom is 0.256 e. The van der Waals surface area contributed by atoms with Gasteiger partial charge in [0.1, 0.15) is 13.2 Å². The third kappa shape index (κ3) is 4.49. The number of para-hydroxylation sites is 1. The molecule has 0 atom stereocenters. The number of hydrogen-bond acceptors (Lipinski definition) is 5. The fraction of sp³-hybridized carbons (Fsp3) is 0.100. The first-order valence-corrected chi connectivity index (χ1v) is 11.8. The highest BCUT2D eigenvalue weighted by atomic mass is 16.6. The van der Waals surface area contributed by atoms with Gasteiger partial charge in [-0.1, -0.05) is 30.3 Å². The normalized spacial score (nSPS) is 12.3. The molecule has 0 saturated carbocycles. The highest BCUT2D eigenvalue weighted by molar-refractivity contribution is 6.13. The number of amides is 1. The highest BCUT2D eigenvalue weighted by Gasteiger charge is 2.17. The zero-order chi connectivity index (χ0) is 24.3. The van der Waals surface area contributed by atoms with Crippen molar-refractivity contribution in [1.82, 2.24) is 9.97 Å². The Hall–Kier alpha value is -4.71. The molecule has 2 aromatic heterocycles. The lowest BCUT2D eigenvalue weighted by Crippen LogP contribution is -2.15. The monoisotopic (exact) mass is 473 g/mol. The molecule has 1 amide bonds. The Labute approximate surface area is 208 Å². The molecule has 6 nitrogen and oxygen atoms in total. The van der Waals surface area contributed by atoms with Gasteiger partial charge in [0, 0.05) is 29.0 Å². The second-order valence-electron chi connectivity index (χ2n) is 8.61. The Kier molecular flexibility index (Phi) is 5.75. The van der Waals surface area contributed by atoms with Crippen molar-refractivity contribution in [2.75, 3.05) is 18.5 Å². The van der Waals surface area contributed by atoms with Crippen LogP contribution in [0.5, 0.6) is 11.5 Å². The molecule has 3 heterocycles. The summed E-state index contributed by atoms with van der Waals surface area (Å²) in [5.74, 6) is 1.22. The number of carbonyl (C=O) groups is 1. The van der Waals surface area contributed by atoms with Gasteiger partial charge < -0.3 is 14.8 Å². The molecular weight excluding hydrogens is 450 g/mol. The molecule has 0 bridgehead atoms. The Bertz CT molecular complexity index is 1550. The number of fused-ring (bicyclic) bond motifs is 2. The number of hydrogen-bond donors (Lipinski definition) is 1. The van der Waals surface area contributed by atoms with Crippen LogP contribution >= 0.6 is 0 Å². The van der Waals surface area contributed by atoms with Crippen molar-refractivity contribution in [3.8, 4) is 22.8 Å². The van der Waals surface area contributed by atoms with E-state index in [-0.39, 0.29) is 5.91 Å². The van der Waals surface area contributed by atoms with Gasteiger partial charge in [-0.15, -0.1) is 0 Å². The average molecular weight is 474 g/mol. The predicted octanol–water partition coefficient (Wildman–Crippen LogP) is 5.91. The Balaban J connectivity index is 1.29. The zero-order valence-corrected chi connectivity index (χ0v) is 19.5. The number of aromatic nitrogens is 2. The van der Waals surface area contributed by atoms with Crippen LogP contribution in [0, 0.1) is 0 Å². The van der Waals surface area contributed by atoms with Crippen molar-refractivity contribution in [3.05, 3.63) is 114 Å². The van der Waals surface area contributed by atoms with E-state index in [1.165, 1.54) is 5.56 Å². The van der Waals surface area contributed by atoms with Crippen LogP contribution < -0.4 is 14.8 Å². The number of rotatable bonds is 5. The standard InChI is InChI=1S/C30H23N3O3/c34-30(32-23-8-5-20(6-9-23)17-21-11-13-31-14-12-21)25-19-27(33-26-4-2-1-3-24(25)26)22-7-10-28-29(18-22)36-16-15-35-28/h1-14,18-19H,15-17H2,(H,32,34). The number of nitrogens with zero attached hydrogens (tertiary/aromatic N) is 2. The van der Waals surface area contributed by atoms with Crippen LogP contribution in [0.1, 0.15) is 21.5 Å². The summed E-state index contributed by atoms with van der Waals surface area (Å²) in [6.07, 6.45) is 4.40. The summed E-state index contributed by atoms with van der Waals surface area (Å²) in [4.78, 5) is 22.3. The number of ether oxygens (including phenoxy) is 2. The summed E-state index contributed by atoms with van der Waals surface area (Å²) < 4.78 is 11.4. The van der Waals surface area contributed by atoms with E-state index in [0.717, 1.165) is 39.9 Å². The molecule has 5 aromatic rings. The fourth-order valence-electron chi connectivity index (χ4n) is 4.35. The summed E-state index contributed by atoms with van der Waals surface area (Å²) in [5, 5.41) is 3.85. The van der Waals surface area contributed by atoms with Crippen molar-refractivity contribution in [1.29, 1.82) is 0 Å². The summed E-state index contributed by atoms with van der Waals surface area (Å²) in [6, 6.07) is 27.2. The molecule has 0 aliphatic carbocycles. The fourth-order valence-corrected chi connectivity index (χ4v) is 4.35. The second kappa shape index (κ2) is 9.50. The summed E-state index contributed by atoms with van der Waals surface area (Å²) >= 11 is 0. The molecule has 176 valence electrons. The quantitative estimate of drug-likeness (QED) is 0.343. The predicted molar refractivity (Wildman–Crippen MR) is 140 cm³/mol. The van der Waals surface area contributed by atoms with E-state index < -0.39 is 0 Å². The number of pyridine rings is 2. The smallest absolute Gasteiger partial charge is 0.256 e. The topological polar surface area (TPSA) is 73.3 Å². The first kappa shape index (κ1) is 21.8. The molecule has 1 aliphatic rings. The number of anilines is 1. The average Bonchev–Trinajstić information content (AvgIpc) is 2.94. The number of nitrogens with one attached hydrogen (secondary N) is 1. The van der Waals surface area contributed by atoms with Crippen LogP contribution in [0.2, 0.25) is 0 Å². The van der Waals surface area contributed by atoms with Crippen LogP contribution in [-0.4, -0.2) is 29.1 Å². The summed E-state index contributed by atoms with van der Waals surface area (Å²) in [7, 11) is 0. The third-order valence-corrected chi connectivity index (χ3v) is 6.17. The Morgan fingerprint density at radius 1 is 0.806 bits per heavy atom. The molecule has 0 fully saturated rings. The molecule has 0 saturated heterocycles. The van der Waals surface area contributed by atoms with Gasteiger partial charge in [0.25, 0.3) is 5.91 Å². The first-order valence-electron chi connectivity index (χ1n) is 11.8. The van der Waals surface area contributed by atoms with Crippen LogP contribution in [0.15, 0.2) is 97.3 Å². The van der Waals surface area contributed by atoms with Gasteiger partial charge in [-0.2, -0.15) is 0 Å². The van der Waals surface area contributed by atoms with Gasteiger partial charge in [0.15, 0.2) is 11.5 Å². The molecule has 1 N–H and O–H groups in total. The second-order valence-corrected chi connectivity index (χ2v) is 8.61. The lowest BCUT2D eigenvalue weighted by Gasteiger charge is -2.19. The van der Waals surface area contributed by atoms with Crippen molar-refractivity contribution in [2.45, 2.75) is 6.42 Å². The van der Waals surface area contributed by atoms with Crippen molar-refractivity contribution in [2.24, 2.45) is 0 Å². The largest absolute Gasteiger partial charge is 0.486 e. The Morgan fingerprint density at radius 2 is 1.56 bits per heavy atom. The van der Waals surface area contributed by atoms with Gasteiger partial charge in [-0.05, 0) is 72.1 Å². The number of carbonyl (C=O) groups excluding carboxylic acids is 1. The van der Waals surface area contributed by atoms with Crippen molar-refractivity contribution < 1.29 is 14.3 Å². The van der Waals surface area contributed by atoms with Gasteiger partial charge >= 0.3 is 0 Å². The molecule has 1 aliphatic heterocycles. The van der Waals surface area contributed by atoms with Crippen LogP contribution in [-0.2, 0) is 6.42 Å². The third-order valence-electron chi connectivity index (χ3n) is 6.17. The van der Waals surface area contributed by atoms with E-state index in [2.05, 4.69) is 10.3 Å². The maximum atomic E-state index is 13.4. The number of benzene rings is 3. The van der Waals surface area contributed by atoms with Gasteiger partial charge in [-0.25, -0.2) is 4.98 Å². The van der Waals surface area contributed by atoms with E-state index in [0.29, 0.717) is 30.2 Å². The SMILES string of the molecule is O=C(Nc1ccc(Cc2ccncc2)cc1)c1cc(-c2ccc3c(c2)OCCO3)nc2ccccc12. The lowest BCUT2D eigenvalue weighted by molar-refractivity contribution is 0.102. The highest BCUT2D eigenvalue weighted by Crippen LogP contribution is 2.35. The first-order chi connectivity index (χ1) is 17.7. The maximum absolute atomic E-state index is 13.4. The summed E-state index contributed by atoms with van der Waals surface area (Å²) in [6.45, 7) is 1.05. The van der Waals surface area contributed by atoms with Gasteiger partial charge in [0.2, 0.25) is 0 Å². The van der Waals surface area contributed by atoms with Gasteiger partial charge in [0.05, 0.1) is 16.8 Å². The van der Waals surface area contributed by atoms with E-state index >= 15 is 0 Å². The zero-order valence-electron chi connectivity index (χ0n) is 19.5. The molecule has 0 unspecified atom stereocenters. The van der Waals surface area contributed by atoms with E-state index in [1.807, 2.05) is 84.9 Å². The molecular formula is C30H23N3O3.